The Morgan fingerprint density at radius 3 is 2.68 bits per heavy atom. The van der Waals surface area contributed by atoms with Crippen LogP contribution in [0.2, 0.25) is 5.02 Å². The first-order valence-electron chi connectivity index (χ1n) is 5.47. The molecule has 4 N–H and O–H groups in total. The molecule has 0 aliphatic heterocycles. The molecule has 0 atom stereocenters. The van der Waals surface area contributed by atoms with Crippen LogP contribution in [0.3, 0.4) is 0 Å². The Morgan fingerprint density at radius 2 is 2.05 bits per heavy atom. The molecule has 0 fully saturated rings. The normalized spacial score (nSPS) is 10.2. The van der Waals surface area contributed by atoms with E-state index in [2.05, 4.69) is 4.98 Å². The molecule has 0 saturated heterocycles. The van der Waals surface area contributed by atoms with E-state index in [1.165, 1.54) is 12.1 Å². The highest BCUT2D eigenvalue weighted by atomic mass is 35.5. The Bertz CT molecular complexity index is 644. The molecule has 5 nitrogen and oxygen atoms in total. The maximum atomic E-state index is 11.1. The number of primary amides is 1. The number of aryl methyl sites for hydroxylation is 1. The van der Waals surface area contributed by atoms with E-state index in [-0.39, 0.29) is 11.6 Å². The quantitative estimate of drug-likeness (QED) is 0.902. The van der Waals surface area contributed by atoms with E-state index >= 15 is 0 Å². The Hall–Kier alpha value is -2.27. The molecule has 1 aromatic carbocycles. The van der Waals surface area contributed by atoms with Crippen molar-refractivity contribution in [1.29, 1.82) is 0 Å². The summed E-state index contributed by atoms with van der Waals surface area (Å²) in [6.45, 7) is 1.84. The van der Waals surface area contributed by atoms with Gasteiger partial charge in [-0.25, -0.2) is 4.98 Å². The number of anilines is 1. The molecule has 2 rings (SSSR count). The van der Waals surface area contributed by atoms with Gasteiger partial charge in [0.05, 0.1) is 5.69 Å². The summed E-state index contributed by atoms with van der Waals surface area (Å²) in [5, 5.41) is 0.608. The molecule has 6 heteroatoms. The molecule has 0 bridgehead atoms. The summed E-state index contributed by atoms with van der Waals surface area (Å²) in [5.41, 5.74) is 12.2. The number of halogens is 1. The van der Waals surface area contributed by atoms with Gasteiger partial charge in [0.2, 0.25) is 5.88 Å². The van der Waals surface area contributed by atoms with Gasteiger partial charge in [0.25, 0.3) is 5.91 Å². The van der Waals surface area contributed by atoms with Gasteiger partial charge in [0, 0.05) is 5.02 Å². The molecule has 1 amide bonds. The molecule has 1 heterocycles. The minimum atomic E-state index is -0.641. The van der Waals surface area contributed by atoms with Gasteiger partial charge in [-0.1, -0.05) is 11.6 Å². The van der Waals surface area contributed by atoms with E-state index in [1.807, 2.05) is 6.92 Å². The van der Waals surface area contributed by atoms with Crippen molar-refractivity contribution in [2.75, 3.05) is 5.73 Å². The summed E-state index contributed by atoms with van der Waals surface area (Å²) in [4.78, 5) is 15.1. The number of benzene rings is 1. The van der Waals surface area contributed by atoms with Gasteiger partial charge in [-0.3, -0.25) is 4.79 Å². The first kappa shape index (κ1) is 13.2. The van der Waals surface area contributed by atoms with Gasteiger partial charge in [-0.2, -0.15) is 0 Å². The van der Waals surface area contributed by atoms with Gasteiger partial charge in [-0.15, -0.1) is 0 Å². The largest absolute Gasteiger partial charge is 0.437 e. The van der Waals surface area contributed by atoms with Crippen molar-refractivity contribution < 1.29 is 9.53 Å². The second-order valence-corrected chi connectivity index (χ2v) is 4.40. The molecule has 98 valence electrons. The molecular weight excluding hydrogens is 266 g/mol. The topological polar surface area (TPSA) is 91.2 Å². The standard InChI is InChI=1S/C13H12ClN3O2/c1-7-6-8(14)2-5-11(7)19-13-9(15)3-4-10(17-13)12(16)18/h2-6H,15H2,1H3,(H2,16,18). The molecule has 0 unspecified atom stereocenters. The zero-order valence-corrected chi connectivity index (χ0v) is 10.9. The van der Waals surface area contributed by atoms with Crippen LogP contribution >= 0.6 is 11.6 Å². The highest BCUT2D eigenvalue weighted by Crippen LogP contribution is 2.29. The summed E-state index contributed by atoms with van der Waals surface area (Å²) in [6, 6.07) is 8.12. The van der Waals surface area contributed by atoms with Crippen LogP contribution < -0.4 is 16.2 Å². The molecule has 0 saturated carbocycles. The predicted octanol–water partition coefficient (Wildman–Crippen LogP) is 2.52. The molecule has 19 heavy (non-hydrogen) atoms. The lowest BCUT2D eigenvalue weighted by molar-refractivity contribution is 0.0995. The van der Waals surface area contributed by atoms with Crippen molar-refractivity contribution in [1.82, 2.24) is 4.98 Å². The number of rotatable bonds is 3. The predicted molar refractivity (Wildman–Crippen MR) is 73.4 cm³/mol. The number of pyridine rings is 1. The Morgan fingerprint density at radius 1 is 1.32 bits per heavy atom. The number of carbonyl (C=O) groups is 1. The van der Waals surface area contributed by atoms with Gasteiger partial charge in [0.1, 0.15) is 11.4 Å². The summed E-state index contributed by atoms with van der Waals surface area (Å²) in [5.74, 6) is 0.0598. The van der Waals surface area contributed by atoms with Crippen molar-refractivity contribution in [2.45, 2.75) is 6.92 Å². The third kappa shape index (κ3) is 2.95. The Balaban J connectivity index is 2.37. The Labute approximate surface area is 115 Å². The number of hydrogen-bond acceptors (Lipinski definition) is 4. The molecular formula is C13H12ClN3O2. The van der Waals surface area contributed by atoms with Crippen LogP contribution in [-0.2, 0) is 0 Å². The highest BCUT2D eigenvalue weighted by molar-refractivity contribution is 6.30. The second kappa shape index (κ2) is 5.16. The fourth-order valence-corrected chi connectivity index (χ4v) is 1.73. The first-order chi connectivity index (χ1) is 8.97. The van der Waals surface area contributed by atoms with E-state index in [4.69, 9.17) is 27.8 Å². The number of ether oxygens (including phenoxy) is 1. The molecule has 0 radical (unpaired) electrons. The lowest BCUT2D eigenvalue weighted by Gasteiger charge is -2.10. The number of amides is 1. The molecule has 0 aliphatic rings. The zero-order valence-electron chi connectivity index (χ0n) is 10.2. The van der Waals surface area contributed by atoms with Gasteiger partial charge in [0.15, 0.2) is 0 Å². The van der Waals surface area contributed by atoms with Crippen LogP contribution in [0.15, 0.2) is 30.3 Å². The third-order valence-electron chi connectivity index (χ3n) is 2.49. The molecule has 0 spiro atoms. The van der Waals surface area contributed by atoms with Gasteiger partial charge in [-0.05, 0) is 42.8 Å². The minimum absolute atomic E-state index is 0.0933. The van der Waals surface area contributed by atoms with E-state index in [1.54, 1.807) is 18.2 Å². The molecule has 1 aromatic heterocycles. The number of hydrogen-bond donors (Lipinski definition) is 2. The van der Waals surface area contributed by atoms with Crippen molar-refractivity contribution in [3.8, 4) is 11.6 Å². The van der Waals surface area contributed by atoms with E-state index in [0.29, 0.717) is 16.5 Å². The SMILES string of the molecule is Cc1cc(Cl)ccc1Oc1nc(C(N)=O)ccc1N. The van der Waals surface area contributed by atoms with Crippen molar-refractivity contribution >= 4 is 23.2 Å². The fourth-order valence-electron chi connectivity index (χ4n) is 1.50. The fraction of sp³-hybridized carbons (Fsp3) is 0.0769. The van der Waals surface area contributed by atoms with Crippen LogP contribution in [0.25, 0.3) is 0 Å². The third-order valence-corrected chi connectivity index (χ3v) is 2.72. The lowest BCUT2D eigenvalue weighted by Crippen LogP contribution is -2.13. The summed E-state index contributed by atoms with van der Waals surface area (Å²) < 4.78 is 5.58. The van der Waals surface area contributed by atoms with Crippen LogP contribution in [0.1, 0.15) is 16.1 Å². The van der Waals surface area contributed by atoms with Crippen LogP contribution in [-0.4, -0.2) is 10.9 Å². The maximum Gasteiger partial charge on any atom is 0.267 e. The number of nitrogens with zero attached hydrogens (tertiary/aromatic N) is 1. The summed E-state index contributed by atoms with van der Waals surface area (Å²) in [7, 11) is 0. The molecule has 0 aliphatic carbocycles. The minimum Gasteiger partial charge on any atom is -0.437 e. The number of aromatic nitrogens is 1. The number of nitrogen functional groups attached to an aromatic ring is 1. The average Bonchev–Trinajstić information content (AvgIpc) is 2.34. The van der Waals surface area contributed by atoms with Crippen LogP contribution in [0, 0.1) is 6.92 Å². The highest BCUT2D eigenvalue weighted by Gasteiger charge is 2.10. The van der Waals surface area contributed by atoms with Gasteiger partial charge >= 0.3 is 0 Å². The lowest BCUT2D eigenvalue weighted by atomic mass is 10.2. The van der Waals surface area contributed by atoms with E-state index in [0.717, 1.165) is 5.56 Å². The van der Waals surface area contributed by atoms with E-state index in [9.17, 15) is 4.79 Å². The smallest absolute Gasteiger partial charge is 0.267 e. The van der Waals surface area contributed by atoms with Gasteiger partial charge < -0.3 is 16.2 Å². The van der Waals surface area contributed by atoms with Crippen LogP contribution in [0.5, 0.6) is 11.6 Å². The summed E-state index contributed by atoms with van der Waals surface area (Å²) in [6.07, 6.45) is 0. The second-order valence-electron chi connectivity index (χ2n) is 3.97. The van der Waals surface area contributed by atoms with Crippen molar-refractivity contribution in [2.24, 2.45) is 5.73 Å². The number of nitrogens with two attached hydrogens (primary N) is 2. The van der Waals surface area contributed by atoms with Crippen molar-refractivity contribution in [3.63, 3.8) is 0 Å². The Kier molecular flexibility index (Phi) is 3.57. The van der Waals surface area contributed by atoms with E-state index < -0.39 is 5.91 Å². The zero-order chi connectivity index (χ0) is 14.0. The average molecular weight is 278 g/mol. The van der Waals surface area contributed by atoms with Crippen LogP contribution in [0.4, 0.5) is 5.69 Å². The monoisotopic (exact) mass is 277 g/mol. The maximum absolute atomic E-state index is 11.1. The van der Waals surface area contributed by atoms with Crippen molar-refractivity contribution in [3.05, 3.63) is 46.6 Å². The number of carbonyl (C=O) groups excluding carboxylic acids is 1. The molecule has 2 aromatic rings. The first-order valence-corrected chi connectivity index (χ1v) is 5.85. The summed E-state index contributed by atoms with van der Waals surface area (Å²) >= 11 is 5.86.